The molecule has 1 aliphatic heterocycles. The van der Waals surface area contributed by atoms with Crippen molar-refractivity contribution in [2.24, 2.45) is 10.7 Å². The minimum Gasteiger partial charge on any atom is -0.494 e. The molecule has 0 saturated heterocycles. The minimum atomic E-state index is -0.429. The van der Waals surface area contributed by atoms with E-state index in [1.807, 2.05) is 30.3 Å². The number of fused-ring (bicyclic) bond motifs is 4. The first kappa shape index (κ1) is 17.0. The minimum absolute atomic E-state index is 0.296. The lowest BCUT2D eigenvalue weighted by Crippen LogP contribution is -2.44. The largest absolute Gasteiger partial charge is 0.494 e. The van der Waals surface area contributed by atoms with Crippen LogP contribution in [0.2, 0.25) is 0 Å². The summed E-state index contributed by atoms with van der Waals surface area (Å²) in [5.74, 6) is 1.46. The Morgan fingerprint density at radius 3 is 2.79 bits per heavy atom. The molecule has 1 spiro atoms. The molecule has 0 amide bonds. The molecular formula is C21H22FN5O. The van der Waals surface area contributed by atoms with Gasteiger partial charge < -0.3 is 10.5 Å². The van der Waals surface area contributed by atoms with Gasteiger partial charge in [-0.2, -0.15) is 0 Å². The predicted molar refractivity (Wildman–Crippen MR) is 107 cm³/mol. The van der Waals surface area contributed by atoms with Crippen LogP contribution in [0.15, 0.2) is 47.5 Å². The highest BCUT2D eigenvalue weighted by Gasteiger charge is 2.42. The molecule has 2 aliphatic rings. The summed E-state index contributed by atoms with van der Waals surface area (Å²) >= 11 is 0. The number of para-hydroxylation sites is 2. The number of rotatable bonds is 2. The van der Waals surface area contributed by atoms with Crippen LogP contribution in [0.3, 0.4) is 0 Å². The number of benzene rings is 2. The van der Waals surface area contributed by atoms with Gasteiger partial charge in [-0.1, -0.05) is 18.2 Å². The number of halogens is 1. The summed E-state index contributed by atoms with van der Waals surface area (Å²) in [6.45, 7) is 0. The highest BCUT2D eigenvalue weighted by Crippen LogP contribution is 2.47. The van der Waals surface area contributed by atoms with Crippen LogP contribution in [-0.2, 0) is 5.66 Å². The Labute approximate surface area is 162 Å². The first-order chi connectivity index (χ1) is 13.6. The zero-order valence-corrected chi connectivity index (χ0v) is 15.7. The number of ether oxygens (including phenoxy) is 1. The van der Waals surface area contributed by atoms with Gasteiger partial charge in [-0.05, 0) is 61.4 Å². The van der Waals surface area contributed by atoms with Crippen LogP contribution in [0.4, 0.5) is 10.3 Å². The number of imidazole rings is 1. The molecule has 144 valence electrons. The molecule has 1 saturated carbocycles. The zero-order valence-electron chi connectivity index (χ0n) is 15.7. The van der Waals surface area contributed by atoms with Crippen molar-refractivity contribution in [2.75, 3.05) is 12.4 Å². The van der Waals surface area contributed by atoms with E-state index in [0.717, 1.165) is 48.2 Å². The standard InChI is InChI=1S/C21H22FN5O/c1-28-18-12-14(6-7-15(18)22)13-8-10-21(11-9-13)26-19(23)25-20-24-16-4-2-3-5-17(16)27(20)21/h2-7,12-13H,8-11H2,1H3,(H3,23,24,25,26). The van der Waals surface area contributed by atoms with Gasteiger partial charge in [0.25, 0.3) is 0 Å². The van der Waals surface area contributed by atoms with Gasteiger partial charge in [-0.3, -0.25) is 9.88 Å². The van der Waals surface area contributed by atoms with Crippen molar-refractivity contribution in [1.82, 2.24) is 9.55 Å². The number of nitrogens with two attached hydrogens (primary N) is 1. The van der Waals surface area contributed by atoms with E-state index >= 15 is 0 Å². The second-order valence-electron chi connectivity index (χ2n) is 7.53. The highest BCUT2D eigenvalue weighted by molar-refractivity contribution is 5.94. The summed E-state index contributed by atoms with van der Waals surface area (Å²) in [5, 5.41) is 3.11. The summed E-state index contributed by atoms with van der Waals surface area (Å²) in [7, 11) is 1.50. The Kier molecular flexibility index (Phi) is 3.79. The molecule has 28 heavy (non-hydrogen) atoms. The number of guanidine groups is 1. The third-order valence-corrected chi connectivity index (χ3v) is 5.98. The van der Waals surface area contributed by atoms with E-state index in [-0.39, 0.29) is 5.82 Å². The third-order valence-electron chi connectivity index (χ3n) is 5.98. The zero-order chi connectivity index (χ0) is 19.3. The van der Waals surface area contributed by atoms with Gasteiger partial charge in [0.2, 0.25) is 5.95 Å². The summed E-state index contributed by atoms with van der Waals surface area (Å²) in [6.07, 6.45) is 3.54. The molecule has 3 N–H and O–H groups in total. The van der Waals surface area contributed by atoms with Crippen molar-refractivity contribution in [2.45, 2.75) is 37.3 Å². The number of nitrogens with one attached hydrogen (secondary N) is 1. The van der Waals surface area contributed by atoms with Gasteiger partial charge in [0.05, 0.1) is 18.1 Å². The molecule has 2 heterocycles. The van der Waals surface area contributed by atoms with E-state index in [1.165, 1.54) is 13.2 Å². The smallest absolute Gasteiger partial charge is 0.212 e. The van der Waals surface area contributed by atoms with Crippen LogP contribution >= 0.6 is 0 Å². The maximum atomic E-state index is 13.8. The van der Waals surface area contributed by atoms with Crippen LogP contribution in [0.1, 0.15) is 37.2 Å². The molecular weight excluding hydrogens is 357 g/mol. The molecule has 6 nitrogen and oxygen atoms in total. The maximum Gasteiger partial charge on any atom is 0.212 e. The number of nitrogens with zero attached hydrogens (tertiary/aromatic N) is 3. The van der Waals surface area contributed by atoms with Crippen molar-refractivity contribution in [3.05, 3.63) is 53.8 Å². The number of methoxy groups -OCH3 is 1. The van der Waals surface area contributed by atoms with Crippen LogP contribution < -0.4 is 15.8 Å². The lowest BCUT2D eigenvalue weighted by Gasteiger charge is -2.41. The molecule has 2 aromatic carbocycles. The monoisotopic (exact) mass is 379 g/mol. The normalized spacial score (nSPS) is 23.9. The van der Waals surface area contributed by atoms with Gasteiger partial charge in [0, 0.05) is 0 Å². The Balaban J connectivity index is 1.49. The van der Waals surface area contributed by atoms with Crippen molar-refractivity contribution in [3.8, 4) is 5.75 Å². The van der Waals surface area contributed by atoms with Crippen LogP contribution in [-0.4, -0.2) is 22.6 Å². The van der Waals surface area contributed by atoms with E-state index in [2.05, 4.69) is 16.0 Å². The Hall–Kier alpha value is -3.09. The average Bonchev–Trinajstić information content (AvgIpc) is 3.08. The van der Waals surface area contributed by atoms with E-state index < -0.39 is 5.66 Å². The second-order valence-corrected chi connectivity index (χ2v) is 7.53. The van der Waals surface area contributed by atoms with Crippen LogP contribution in [0.5, 0.6) is 5.75 Å². The SMILES string of the molecule is COc1cc(C2CCC3(CC2)N=C(N)Nc2nc4ccccc4n23)ccc1F. The summed E-state index contributed by atoms with van der Waals surface area (Å²) in [4.78, 5) is 9.53. The maximum absolute atomic E-state index is 13.8. The fourth-order valence-electron chi connectivity index (χ4n) is 4.63. The fourth-order valence-corrected chi connectivity index (χ4v) is 4.63. The molecule has 0 atom stereocenters. The molecule has 3 aromatic rings. The number of aromatic nitrogens is 2. The predicted octanol–water partition coefficient (Wildman–Crippen LogP) is 3.93. The molecule has 1 aliphatic carbocycles. The topological polar surface area (TPSA) is 77.5 Å². The average molecular weight is 379 g/mol. The molecule has 5 rings (SSSR count). The van der Waals surface area contributed by atoms with Gasteiger partial charge in [-0.25, -0.2) is 14.4 Å². The molecule has 1 fully saturated rings. The number of hydrogen-bond donors (Lipinski definition) is 2. The van der Waals surface area contributed by atoms with Crippen molar-refractivity contribution in [3.63, 3.8) is 0 Å². The van der Waals surface area contributed by atoms with Crippen LogP contribution in [0, 0.1) is 5.82 Å². The lowest BCUT2D eigenvalue weighted by molar-refractivity contribution is 0.194. The molecule has 0 radical (unpaired) electrons. The van der Waals surface area contributed by atoms with E-state index in [0.29, 0.717) is 17.6 Å². The fraction of sp³-hybridized carbons (Fsp3) is 0.333. The Morgan fingerprint density at radius 1 is 1.21 bits per heavy atom. The molecule has 7 heteroatoms. The van der Waals surface area contributed by atoms with E-state index in [9.17, 15) is 4.39 Å². The first-order valence-corrected chi connectivity index (χ1v) is 9.53. The molecule has 0 bridgehead atoms. The van der Waals surface area contributed by atoms with Gasteiger partial charge >= 0.3 is 0 Å². The molecule has 1 aromatic heterocycles. The van der Waals surface area contributed by atoms with Crippen molar-refractivity contribution < 1.29 is 9.13 Å². The number of anilines is 1. The Morgan fingerprint density at radius 2 is 2.00 bits per heavy atom. The number of hydrogen-bond acceptors (Lipinski definition) is 5. The second kappa shape index (κ2) is 6.22. The Bertz CT molecular complexity index is 1080. The van der Waals surface area contributed by atoms with Crippen molar-refractivity contribution in [1.29, 1.82) is 0 Å². The number of aliphatic imine (C=N–C) groups is 1. The third kappa shape index (κ3) is 2.53. The summed E-state index contributed by atoms with van der Waals surface area (Å²) < 4.78 is 21.1. The van der Waals surface area contributed by atoms with E-state index in [1.54, 1.807) is 0 Å². The summed E-state index contributed by atoms with van der Waals surface area (Å²) in [6, 6.07) is 13.2. The van der Waals surface area contributed by atoms with Gasteiger partial charge in [0.15, 0.2) is 17.5 Å². The van der Waals surface area contributed by atoms with Gasteiger partial charge in [0.1, 0.15) is 5.66 Å². The lowest BCUT2D eigenvalue weighted by atomic mass is 9.78. The summed E-state index contributed by atoms with van der Waals surface area (Å²) in [5.41, 5.74) is 8.77. The first-order valence-electron chi connectivity index (χ1n) is 9.53. The molecule has 0 unspecified atom stereocenters. The quantitative estimate of drug-likeness (QED) is 0.707. The van der Waals surface area contributed by atoms with Crippen LogP contribution in [0.25, 0.3) is 11.0 Å². The highest BCUT2D eigenvalue weighted by atomic mass is 19.1. The van der Waals surface area contributed by atoms with Gasteiger partial charge in [-0.15, -0.1) is 0 Å². The van der Waals surface area contributed by atoms with Crippen molar-refractivity contribution >= 4 is 22.9 Å². The van der Waals surface area contributed by atoms with E-state index in [4.69, 9.17) is 20.4 Å².